The van der Waals surface area contributed by atoms with Crippen molar-refractivity contribution < 1.29 is 13.2 Å². The summed E-state index contributed by atoms with van der Waals surface area (Å²) in [5.74, 6) is -0.380. The molecule has 1 aromatic heterocycles. The number of para-hydroxylation sites is 1. The van der Waals surface area contributed by atoms with Gasteiger partial charge >= 0.3 is 0 Å². The van der Waals surface area contributed by atoms with Crippen molar-refractivity contribution in [1.82, 2.24) is 0 Å². The average Bonchev–Trinajstić information content (AvgIpc) is 2.99. The van der Waals surface area contributed by atoms with Gasteiger partial charge in [0.15, 0.2) is 9.84 Å². The van der Waals surface area contributed by atoms with Crippen molar-refractivity contribution in [1.29, 1.82) is 0 Å². The third-order valence-electron chi connectivity index (χ3n) is 3.94. The van der Waals surface area contributed by atoms with Crippen LogP contribution in [0.3, 0.4) is 0 Å². The van der Waals surface area contributed by atoms with Crippen molar-refractivity contribution >= 4 is 38.3 Å². The number of hydrogen-bond donors (Lipinski definition) is 1. The topological polar surface area (TPSA) is 63.2 Å². The number of benzene rings is 2. The van der Waals surface area contributed by atoms with E-state index in [1.165, 1.54) is 17.4 Å². The summed E-state index contributed by atoms with van der Waals surface area (Å²) in [5.41, 5.74) is 2.11. The highest BCUT2D eigenvalue weighted by Gasteiger charge is 2.33. The van der Waals surface area contributed by atoms with Crippen LogP contribution < -0.4 is 5.32 Å². The van der Waals surface area contributed by atoms with Gasteiger partial charge in [-0.2, -0.15) is 0 Å². The molecule has 4 nitrogen and oxygen atoms in total. The predicted molar refractivity (Wildman–Crippen MR) is 94.8 cm³/mol. The fraction of sp³-hybridized carbons (Fsp3) is 0.0556. The van der Waals surface area contributed by atoms with Gasteiger partial charge in [0.2, 0.25) is 5.78 Å². The van der Waals surface area contributed by atoms with E-state index in [0.717, 1.165) is 5.69 Å². The number of rotatable bonds is 2. The van der Waals surface area contributed by atoms with Crippen molar-refractivity contribution in [3.05, 3.63) is 76.0 Å². The van der Waals surface area contributed by atoms with E-state index in [1.54, 1.807) is 23.6 Å². The smallest absolute Gasteiger partial charge is 0.206 e. The van der Waals surface area contributed by atoms with Gasteiger partial charge in [-0.25, -0.2) is 8.42 Å². The molecule has 0 fully saturated rings. The van der Waals surface area contributed by atoms with Crippen LogP contribution in [0.4, 0.5) is 11.4 Å². The van der Waals surface area contributed by atoms with Crippen molar-refractivity contribution in [3.63, 3.8) is 0 Å². The highest BCUT2D eigenvalue weighted by atomic mass is 32.2. The molecule has 0 amide bonds. The third-order valence-corrected chi connectivity index (χ3v) is 6.60. The van der Waals surface area contributed by atoms with Crippen molar-refractivity contribution in [3.8, 4) is 0 Å². The Morgan fingerprint density at radius 3 is 2.54 bits per heavy atom. The van der Waals surface area contributed by atoms with Crippen molar-refractivity contribution in [2.24, 2.45) is 0 Å². The fourth-order valence-electron chi connectivity index (χ4n) is 2.85. The molecule has 2 heterocycles. The molecule has 24 heavy (non-hydrogen) atoms. The first-order valence-corrected chi connectivity index (χ1v) is 9.88. The van der Waals surface area contributed by atoms with E-state index in [2.05, 4.69) is 5.32 Å². The number of sulfone groups is 1. The molecule has 0 saturated carbocycles. The highest BCUT2D eigenvalue weighted by molar-refractivity contribution is 7.90. The molecular formula is C18H13NO3S2. The molecule has 1 aliphatic heterocycles. The first-order valence-electron chi connectivity index (χ1n) is 7.35. The molecule has 6 heteroatoms. The number of anilines is 2. The molecule has 3 aromatic rings. The second kappa shape index (κ2) is 5.58. The molecule has 0 radical (unpaired) electrons. The van der Waals surface area contributed by atoms with E-state index in [0.29, 0.717) is 16.1 Å². The van der Waals surface area contributed by atoms with Gasteiger partial charge in [-0.15, -0.1) is 11.3 Å². The number of fused-ring (bicyclic) bond motifs is 2. The first-order chi connectivity index (χ1) is 11.6. The number of ketones is 1. The molecule has 0 saturated heterocycles. The van der Waals surface area contributed by atoms with Crippen LogP contribution in [0.25, 0.3) is 0 Å². The van der Waals surface area contributed by atoms with Gasteiger partial charge in [0.05, 0.1) is 26.8 Å². The molecule has 120 valence electrons. The van der Waals surface area contributed by atoms with E-state index in [-0.39, 0.29) is 22.0 Å². The fourth-order valence-corrected chi connectivity index (χ4v) is 5.42. The van der Waals surface area contributed by atoms with Crippen LogP contribution in [0.1, 0.15) is 20.8 Å². The Morgan fingerprint density at radius 1 is 0.958 bits per heavy atom. The average molecular weight is 355 g/mol. The van der Waals surface area contributed by atoms with Crippen LogP contribution in [0.2, 0.25) is 0 Å². The molecule has 2 aromatic carbocycles. The monoisotopic (exact) mass is 355 g/mol. The summed E-state index contributed by atoms with van der Waals surface area (Å²) in [6, 6.07) is 16.0. The van der Waals surface area contributed by atoms with Gasteiger partial charge in [-0.05, 0) is 41.3 Å². The van der Waals surface area contributed by atoms with Crippen LogP contribution in [0.15, 0.2) is 64.9 Å². The van der Waals surface area contributed by atoms with Gasteiger partial charge in [-0.1, -0.05) is 24.3 Å². The van der Waals surface area contributed by atoms with Crippen LogP contribution in [-0.4, -0.2) is 14.2 Å². The third kappa shape index (κ3) is 2.44. The van der Waals surface area contributed by atoms with E-state index >= 15 is 0 Å². The van der Waals surface area contributed by atoms with Gasteiger partial charge in [0.1, 0.15) is 0 Å². The zero-order valence-electron chi connectivity index (χ0n) is 12.5. The maximum absolute atomic E-state index is 13.0. The molecule has 1 aliphatic rings. The zero-order valence-corrected chi connectivity index (χ0v) is 14.2. The zero-order chi connectivity index (χ0) is 16.7. The van der Waals surface area contributed by atoms with E-state index in [1.807, 2.05) is 30.3 Å². The summed E-state index contributed by atoms with van der Waals surface area (Å²) in [6.07, 6.45) is 0. The van der Waals surface area contributed by atoms with Gasteiger partial charge in [0.25, 0.3) is 0 Å². The molecule has 0 bridgehead atoms. The lowest BCUT2D eigenvalue weighted by Gasteiger charge is -2.13. The minimum absolute atomic E-state index is 0.0943. The van der Waals surface area contributed by atoms with Crippen molar-refractivity contribution in [2.45, 2.75) is 10.6 Å². The lowest BCUT2D eigenvalue weighted by molar-refractivity contribution is 0.104. The van der Waals surface area contributed by atoms with E-state index < -0.39 is 9.84 Å². The molecule has 0 atom stereocenters. The summed E-state index contributed by atoms with van der Waals surface area (Å²) in [7, 11) is -3.56. The lowest BCUT2D eigenvalue weighted by Crippen LogP contribution is -2.09. The number of hydrogen-bond acceptors (Lipinski definition) is 5. The van der Waals surface area contributed by atoms with Crippen LogP contribution in [0.5, 0.6) is 0 Å². The van der Waals surface area contributed by atoms with Gasteiger partial charge in [0, 0.05) is 5.69 Å². The Balaban J connectivity index is 1.94. The minimum atomic E-state index is -3.56. The van der Waals surface area contributed by atoms with Gasteiger partial charge < -0.3 is 5.32 Å². The molecule has 1 N–H and O–H groups in total. The summed E-state index contributed by atoms with van der Waals surface area (Å²) >= 11 is 1.28. The second-order valence-electron chi connectivity index (χ2n) is 5.53. The maximum Gasteiger partial charge on any atom is 0.206 e. The maximum atomic E-state index is 13.0. The number of thiophene rings is 1. The van der Waals surface area contributed by atoms with Crippen molar-refractivity contribution in [2.75, 3.05) is 5.32 Å². The van der Waals surface area contributed by atoms with Crippen LogP contribution in [-0.2, 0) is 15.6 Å². The Morgan fingerprint density at radius 2 is 1.75 bits per heavy atom. The first kappa shape index (κ1) is 15.1. The van der Waals surface area contributed by atoms with Crippen LogP contribution in [0, 0.1) is 0 Å². The largest absolute Gasteiger partial charge is 0.355 e. The standard InChI is InChI=1S/C18H13NO3S2/c20-17-16-14(19-13-5-2-1-3-6-13)7-4-8-15(16)24(21,22)11-12-9-10-23-18(12)17/h1-10,19H,11H2. The molecule has 4 rings (SSSR count). The number of nitrogens with one attached hydrogen (secondary N) is 1. The second-order valence-corrected chi connectivity index (χ2v) is 8.41. The highest BCUT2D eigenvalue weighted by Crippen LogP contribution is 2.36. The molecule has 0 unspecified atom stereocenters. The summed E-state index contributed by atoms with van der Waals surface area (Å²) in [6.45, 7) is 0. The Bertz CT molecular complexity index is 1040. The summed E-state index contributed by atoms with van der Waals surface area (Å²) < 4.78 is 25.5. The quantitative estimate of drug-likeness (QED) is 0.754. The number of carbonyl (C=O) groups is 1. The predicted octanol–water partition coefficient (Wildman–Crippen LogP) is 4.01. The molecule has 0 aliphatic carbocycles. The lowest BCUT2D eigenvalue weighted by atomic mass is 10.0. The SMILES string of the molecule is O=C1c2sccc2CS(=O)(=O)c2cccc(Nc3ccccc3)c21. The summed E-state index contributed by atoms with van der Waals surface area (Å²) in [5, 5.41) is 4.93. The Hall–Kier alpha value is -2.44. The minimum Gasteiger partial charge on any atom is -0.355 e. The number of carbonyl (C=O) groups excluding carboxylic acids is 1. The van der Waals surface area contributed by atoms with E-state index in [9.17, 15) is 13.2 Å². The van der Waals surface area contributed by atoms with E-state index in [4.69, 9.17) is 0 Å². The Kier molecular flexibility index (Phi) is 3.51. The normalized spacial score (nSPS) is 15.2. The Labute approximate surface area is 143 Å². The summed E-state index contributed by atoms with van der Waals surface area (Å²) in [4.78, 5) is 13.6. The van der Waals surface area contributed by atoms with Gasteiger partial charge in [-0.3, -0.25) is 4.79 Å². The van der Waals surface area contributed by atoms with Crippen LogP contribution >= 0.6 is 11.3 Å². The molecular weight excluding hydrogens is 342 g/mol. The molecule has 0 spiro atoms.